The molecular weight excluding hydrogens is 258 g/mol. The topological polar surface area (TPSA) is 20.3 Å². The molecule has 0 heterocycles. The number of rotatable bonds is 4. The molecular formula is C16H16ClNO. The van der Waals surface area contributed by atoms with Crippen LogP contribution in [0, 0.1) is 6.92 Å². The molecule has 1 amide bonds. The van der Waals surface area contributed by atoms with Crippen LogP contribution >= 0.6 is 11.6 Å². The predicted octanol–water partition coefficient (Wildman–Crippen LogP) is 3.90. The number of amides is 1. The largest absolute Gasteiger partial charge is 0.344 e. The monoisotopic (exact) mass is 273 g/mol. The highest BCUT2D eigenvalue weighted by molar-refractivity contribution is 6.31. The van der Waals surface area contributed by atoms with Crippen LogP contribution in [-0.4, -0.2) is 18.4 Å². The second-order valence-electron chi connectivity index (χ2n) is 4.64. The Morgan fingerprint density at radius 1 is 1.21 bits per heavy atom. The van der Waals surface area contributed by atoms with E-state index in [2.05, 4.69) is 12.1 Å². The predicted molar refractivity (Wildman–Crippen MR) is 79.2 cm³/mol. The Kier molecular flexibility index (Phi) is 4.23. The number of carbonyl (C=O) groups excluding carboxylic acids is 1. The van der Waals surface area contributed by atoms with Crippen LogP contribution in [0.15, 0.2) is 42.5 Å². The average Bonchev–Trinajstić information content (AvgIpc) is 2.42. The van der Waals surface area contributed by atoms with Crippen molar-refractivity contribution in [1.82, 2.24) is 4.90 Å². The van der Waals surface area contributed by atoms with Gasteiger partial charge in [0.1, 0.15) is 0 Å². The maximum Gasteiger partial charge on any atom is 0.209 e. The van der Waals surface area contributed by atoms with E-state index in [-0.39, 0.29) is 0 Å². The fraction of sp³-hybridized carbons (Fsp3) is 0.188. The van der Waals surface area contributed by atoms with Gasteiger partial charge in [0, 0.05) is 18.6 Å². The Labute approximate surface area is 118 Å². The SMILES string of the molecule is Cc1ccc(-c2ccccc2CN(C)C=O)cc1Cl. The summed E-state index contributed by atoms with van der Waals surface area (Å²) in [5.41, 5.74) is 4.36. The van der Waals surface area contributed by atoms with Gasteiger partial charge in [0.2, 0.25) is 6.41 Å². The van der Waals surface area contributed by atoms with Crippen molar-refractivity contribution in [2.45, 2.75) is 13.5 Å². The molecule has 0 aliphatic heterocycles. The van der Waals surface area contributed by atoms with Crippen molar-refractivity contribution in [3.8, 4) is 11.1 Å². The van der Waals surface area contributed by atoms with Crippen molar-refractivity contribution >= 4 is 18.0 Å². The van der Waals surface area contributed by atoms with Crippen molar-refractivity contribution in [2.75, 3.05) is 7.05 Å². The van der Waals surface area contributed by atoms with Gasteiger partial charge in [-0.1, -0.05) is 48.0 Å². The Bertz CT molecular complexity index is 595. The molecule has 0 aliphatic carbocycles. The number of hydrogen-bond donors (Lipinski definition) is 0. The zero-order chi connectivity index (χ0) is 13.8. The van der Waals surface area contributed by atoms with E-state index in [1.165, 1.54) is 0 Å². The van der Waals surface area contributed by atoms with Gasteiger partial charge in [0.15, 0.2) is 0 Å². The first kappa shape index (κ1) is 13.6. The van der Waals surface area contributed by atoms with Gasteiger partial charge < -0.3 is 4.90 Å². The molecule has 0 N–H and O–H groups in total. The average molecular weight is 274 g/mol. The van der Waals surface area contributed by atoms with E-state index in [9.17, 15) is 4.79 Å². The Morgan fingerprint density at radius 2 is 1.95 bits per heavy atom. The summed E-state index contributed by atoms with van der Waals surface area (Å²) in [6.45, 7) is 2.57. The van der Waals surface area contributed by atoms with E-state index in [1.54, 1.807) is 11.9 Å². The molecule has 19 heavy (non-hydrogen) atoms. The van der Waals surface area contributed by atoms with Crippen molar-refractivity contribution in [3.63, 3.8) is 0 Å². The minimum Gasteiger partial charge on any atom is -0.344 e. The molecule has 2 rings (SSSR count). The fourth-order valence-corrected chi connectivity index (χ4v) is 2.19. The lowest BCUT2D eigenvalue weighted by Crippen LogP contribution is -2.15. The van der Waals surface area contributed by atoms with E-state index in [0.717, 1.165) is 33.7 Å². The molecule has 3 heteroatoms. The summed E-state index contributed by atoms with van der Waals surface area (Å²) in [6.07, 6.45) is 0.832. The van der Waals surface area contributed by atoms with Crippen LogP contribution in [0.1, 0.15) is 11.1 Å². The highest BCUT2D eigenvalue weighted by Crippen LogP contribution is 2.28. The van der Waals surface area contributed by atoms with E-state index in [1.807, 2.05) is 37.3 Å². The van der Waals surface area contributed by atoms with E-state index < -0.39 is 0 Å². The van der Waals surface area contributed by atoms with Gasteiger partial charge in [0.05, 0.1) is 0 Å². The molecule has 0 radical (unpaired) electrons. The zero-order valence-electron chi connectivity index (χ0n) is 11.1. The number of carbonyl (C=O) groups is 1. The van der Waals surface area contributed by atoms with Crippen LogP contribution in [0.5, 0.6) is 0 Å². The molecule has 2 nitrogen and oxygen atoms in total. The summed E-state index contributed by atoms with van der Waals surface area (Å²) in [7, 11) is 1.77. The van der Waals surface area contributed by atoms with Crippen LogP contribution in [0.2, 0.25) is 5.02 Å². The second kappa shape index (κ2) is 5.89. The van der Waals surface area contributed by atoms with E-state index in [4.69, 9.17) is 11.6 Å². The molecule has 0 saturated carbocycles. The van der Waals surface area contributed by atoms with Gasteiger partial charge in [0.25, 0.3) is 0 Å². The van der Waals surface area contributed by atoms with Crippen LogP contribution in [0.3, 0.4) is 0 Å². The number of aryl methyl sites for hydroxylation is 1. The quantitative estimate of drug-likeness (QED) is 0.774. The van der Waals surface area contributed by atoms with E-state index in [0.29, 0.717) is 6.54 Å². The third-order valence-corrected chi connectivity index (χ3v) is 3.51. The van der Waals surface area contributed by atoms with Gasteiger partial charge in [-0.15, -0.1) is 0 Å². The normalized spacial score (nSPS) is 10.3. The summed E-state index contributed by atoms with van der Waals surface area (Å²) in [5.74, 6) is 0. The van der Waals surface area contributed by atoms with E-state index >= 15 is 0 Å². The Morgan fingerprint density at radius 3 is 2.63 bits per heavy atom. The lowest BCUT2D eigenvalue weighted by Gasteiger charge is -2.15. The smallest absolute Gasteiger partial charge is 0.209 e. The molecule has 0 unspecified atom stereocenters. The molecule has 2 aromatic rings. The lowest BCUT2D eigenvalue weighted by atomic mass is 9.98. The minimum atomic E-state index is 0.588. The van der Waals surface area contributed by atoms with Gasteiger partial charge in [-0.25, -0.2) is 0 Å². The lowest BCUT2D eigenvalue weighted by molar-refractivity contribution is -0.117. The molecule has 0 atom stereocenters. The Hall–Kier alpha value is -1.80. The van der Waals surface area contributed by atoms with Crippen LogP contribution < -0.4 is 0 Å². The first-order valence-corrected chi connectivity index (χ1v) is 6.49. The summed E-state index contributed by atoms with van der Waals surface area (Å²) >= 11 is 6.18. The van der Waals surface area contributed by atoms with Crippen molar-refractivity contribution in [2.24, 2.45) is 0 Å². The van der Waals surface area contributed by atoms with Crippen molar-refractivity contribution in [1.29, 1.82) is 0 Å². The number of benzene rings is 2. The number of nitrogens with zero attached hydrogens (tertiary/aromatic N) is 1. The highest BCUT2D eigenvalue weighted by atomic mass is 35.5. The van der Waals surface area contributed by atoms with Gasteiger partial charge in [-0.2, -0.15) is 0 Å². The minimum absolute atomic E-state index is 0.588. The Balaban J connectivity index is 2.43. The molecule has 98 valence electrons. The van der Waals surface area contributed by atoms with Crippen LogP contribution in [0.25, 0.3) is 11.1 Å². The first-order valence-electron chi connectivity index (χ1n) is 6.12. The second-order valence-corrected chi connectivity index (χ2v) is 5.05. The maximum atomic E-state index is 10.8. The third kappa shape index (κ3) is 3.15. The standard InChI is InChI=1S/C16H16ClNO/c1-12-7-8-13(9-16(12)17)15-6-4-3-5-14(15)10-18(2)11-19/h3-9,11H,10H2,1-2H3. The van der Waals surface area contributed by atoms with Crippen molar-refractivity contribution in [3.05, 3.63) is 58.6 Å². The molecule has 0 fully saturated rings. The number of hydrogen-bond acceptors (Lipinski definition) is 1. The third-order valence-electron chi connectivity index (χ3n) is 3.10. The maximum absolute atomic E-state index is 10.8. The van der Waals surface area contributed by atoms with Crippen LogP contribution in [0.4, 0.5) is 0 Å². The fourth-order valence-electron chi connectivity index (χ4n) is 2.01. The summed E-state index contributed by atoms with van der Waals surface area (Å²) < 4.78 is 0. The van der Waals surface area contributed by atoms with Gasteiger partial charge in [-0.05, 0) is 35.2 Å². The first-order chi connectivity index (χ1) is 9.11. The summed E-state index contributed by atoms with van der Waals surface area (Å²) in [5, 5.41) is 0.760. The van der Waals surface area contributed by atoms with Gasteiger partial charge in [-0.3, -0.25) is 4.79 Å². The molecule has 2 aromatic carbocycles. The summed E-state index contributed by atoms with van der Waals surface area (Å²) in [6, 6.07) is 14.1. The summed E-state index contributed by atoms with van der Waals surface area (Å²) in [4.78, 5) is 12.4. The van der Waals surface area contributed by atoms with Crippen molar-refractivity contribution < 1.29 is 4.79 Å². The van der Waals surface area contributed by atoms with Gasteiger partial charge >= 0.3 is 0 Å². The van der Waals surface area contributed by atoms with Crippen LogP contribution in [-0.2, 0) is 11.3 Å². The number of halogens is 1. The molecule has 0 bridgehead atoms. The zero-order valence-corrected chi connectivity index (χ0v) is 11.8. The molecule has 0 aromatic heterocycles. The molecule has 0 aliphatic rings. The molecule has 0 saturated heterocycles. The molecule has 0 spiro atoms. The highest BCUT2D eigenvalue weighted by Gasteiger charge is 2.07.